The van der Waals surface area contributed by atoms with E-state index in [2.05, 4.69) is 4.74 Å². The number of aliphatic hydroxyl groups is 1. The molecule has 0 saturated carbocycles. The Labute approximate surface area is 108 Å². The first-order valence-electron chi connectivity index (χ1n) is 5.60. The van der Waals surface area contributed by atoms with Gasteiger partial charge in [0.2, 0.25) is 5.90 Å². The molecule has 0 aromatic carbocycles. The normalized spacial score (nSPS) is 14.4. The largest absolute Gasteiger partial charge is 0.512 e. The van der Waals surface area contributed by atoms with Crippen molar-refractivity contribution in [3.63, 3.8) is 0 Å². The van der Waals surface area contributed by atoms with Gasteiger partial charge < -0.3 is 14.6 Å². The zero-order valence-electron chi connectivity index (χ0n) is 11.5. The number of hydrogen-bond donors (Lipinski definition) is 2. The van der Waals surface area contributed by atoms with Crippen molar-refractivity contribution >= 4 is 11.9 Å². The molecule has 0 spiro atoms. The Bertz CT molecular complexity index is 364. The van der Waals surface area contributed by atoms with Crippen molar-refractivity contribution in [1.29, 1.82) is 5.41 Å². The van der Waals surface area contributed by atoms with Crippen LogP contribution in [-0.2, 0) is 14.3 Å². The van der Waals surface area contributed by atoms with Gasteiger partial charge in [0, 0.05) is 18.1 Å². The first kappa shape index (κ1) is 16.2. The molecule has 0 aromatic heterocycles. The summed E-state index contributed by atoms with van der Waals surface area (Å²) in [7, 11) is 1.34. The van der Waals surface area contributed by atoms with E-state index in [0.717, 1.165) is 0 Å². The second kappa shape index (κ2) is 6.83. The van der Waals surface area contributed by atoms with Gasteiger partial charge >= 0.3 is 5.97 Å². The van der Waals surface area contributed by atoms with Gasteiger partial charge in [0.25, 0.3) is 0 Å². The lowest BCUT2D eigenvalue weighted by Crippen LogP contribution is -2.22. The summed E-state index contributed by atoms with van der Waals surface area (Å²) in [4.78, 5) is 11.4. The van der Waals surface area contributed by atoms with Crippen molar-refractivity contribution in [1.82, 2.24) is 0 Å². The number of aliphatic hydroxyl groups excluding tert-OH is 1. The lowest BCUT2D eigenvalue weighted by Gasteiger charge is -2.18. The maximum absolute atomic E-state index is 11.4. The highest BCUT2D eigenvalue weighted by Gasteiger charge is 2.14. The van der Waals surface area contributed by atoms with E-state index in [4.69, 9.17) is 10.1 Å². The van der Waals surface area contributed by atoms with Crippen LogP contribution in [0.5, 0.6) is 0 Å². The minimum Gasteiger partial charge on any atom is -0.512 e. The number of carbonyl (C=O) groups is 1. The summed E-state index contributed by atoms with van der Waals surface area (Å²) in [6.45, 7) is 7.02. The molecular formula is C13H21NO4. The second-order valence-corrected chi connectivity index (χ2v) is 4.82. The van der Waals surface area contributed by atoms with Crippen molar-refractivity contribution in [2.24, 2.45) is 5.92 Å². The van der Waals surface area contributed by atoms with Crippen LogP contribution in [0.1, 0.15) is 27.7 Å². The highest BCUT2D eigenvalue weighted by Crippen LogP contribution is 2.11. The summed E-state index contributed by atoms with van der Waals surface area (Å²) in [6, 6.07) is 0. The summed E-state index contributed by atoms with van der Waals surface area (Å²) >= 11 is 0. The van der Waals surface area contributed by atoms with E-state index in [1.165, 1.54) is 25.3 Å². The Morgan fingerprint density at radius 1 is 1.39 bits per heavy atom. The number of allylic oxidation sites excluding steroid dienone is 1. The number of methoxy groups -OCH3 is 1. The first-order valence-corrected chi connectivity index (χ1v) is 5.60. The number of ether oxygens (including phenoxy) is 2. The number of rotatable bonds is 4. The van der Waals surface area contributed by atoms with Crippen LogP contribution in [0.15, 0.2) is 24.0 Å². The van der Waals surface area contributed by atoms with Gasteiger partial charge in [0.1, 0.15) is 11.4 Å². The molecule has 18 heavy (non-hydrogen) atoms. The van der Waals surface area contributed by atoms with Crippen molar-refractivity contribution in [3.05, 3.63) is 24.0 Å². The average molecular weight is 255 g/mol. The van der Waals surface area contributed by atoms with Gasteiger partial charge in [0.05, 0.1) is 7.11 Å². The molecule has 0 amide bonds. The fourth-order valence-corrected chi connectivity index (χ4v) is 0.982. The Balaban J connectivity index is 4.48. The molecule has 0 heterocycles. The predicted molar refractivity (Wildman–Crippen MR) is 69.6 cm³/mol. The van der Waals surface area contributed by atoms with Crippen molar-refractivity contribution in [3.8, 4) is 0 Å². The number of nitrogens with one attached hydrogen (secondary N) is 1. The molecule has 0 fully saturated rings. The van der Waals surface area contributed by atoms with E-state index in [9.17, 15) is 9.90 Å². The van der Waals surface area contributed by atoms with Gasteiger partial charge in [-0.25, -0.2) is 4.79 Å². The zero-order valence-corrected chi connectivity index (χ0v) is 11.5. The van der Waals surface area contributed by atoms with Crippen LogP contribution in [0.3, 0.4) is 0 Å². The number of carbonyl (C=O) groups excluding carboxylic acids is 1. The average Bonchev–Trinajstić information content (AvgIpc) is 2.23. The molecule has 0 bridgehead atoms. The Morgan fingerprint density at radius 2 is 1.94 bits per heavy atom. The molecular weight excluding hydrogens is 234 g/mol. The fourth-order valence-electron chi connectivity index (χ4n) is 0.982. The first-order chi connectivity index (χ1) is 8.15. The van der Waals surface area contributed by atoms with E-state index < -0.39 is 17.5 Å². The van der Waals surface area contributed by atoms with Crippen LogP contribution in [-0.4, -0.2) is 29.7 Å². The topological polar surface area (TPSA) is 79.6 Å². The van der Waals surface area contributed by atoms with E-state index in [1.54, 1.807) is 27.7 Å². The summed E-state index contributed by atoms with van der Waals surface area (Å²) < 4.78 is 9.67. The quantitative estimate of drug-likeness (QED) is 0.266. The monoisotopic (exact) mass is 255 g/mol. The number of hydrogen-bond acceptors (Lipinski definition) is 5. The van der Waals surface area contributed by atoms with E-state index >= 15 is 0 Å². The van der Waals surface area contributed by atoms with E-state index in [0.29, 0.717) is 0 Å². The van der Waals surface area contributed by atoms with Gasteiger partial charge in [-0.3, -0.25) is 5.41 Å². The third-order valence-corrected chi connectivity index (χ3v) is 1.89. The molecule has 5 heteroatoms. The van der Waals surface area contributed by atoms with Crippen LogP contribution in [0.4, 0.5) is 0 Å². The molecule has 0 aromatic rings. The lowest BCUT2D eigenvalue weighted by molar-refractivity contribution is -0.148. The maximum atomic E-state index is 11.4. The van der Waals surface area contributed by atoms with Crippen LogP contribution < -0.4 is 0 Å². The van der Waals surface area contributed by atoms with Crippen LogP contribution in [0.2, 0.25) is 0 Å². The molecule has 1 unspecified atom stereocenters. The van der Waals surface area contributed by atoms with Gasteiger partial charge in [-0.05, 0) is 20.8 Å². The van der Waals surface area contributed by atoms with E-state index in [-0.39, 0.29) is 11.7 Å². The van der Waals surface area contributed by atoms with Crippen molar-refractivity contribution < 1.29 is 19.4 Å². The molecule has 0 aliphatic carbocycles. The van der Waals surface area contributed by atoms with Crippen molar-refractivity contribution in [2.75, 3.05) is 7.11 Å². The molecule has 0 rings (SSSR count). The third kappa shape index (κ3) is 7.49. The Hall–Kier alpha value is -1.78. The summed E-state index contributed by atoms with van der Waals surface area (Å²) in [6.07, 6.45) is 3.95. The molecule has 1 atom stereocenters. The highest BCUT2D eigenvalue weighted by molar-refractivity contribution is 5.85. The molecule has 2 N–H and O–H groups in total. The molecule has 0 saturated heterocycles. The SMILES string of the molecule is COC(=N)/C=C(\O)C(C)/C=C\C(=O)OC(C)(C)C. The Morgan fingerprint density at radius 3 is 2.39 bits per heavy atom. The maximum Gasteiger partial charge on any atom is 0.330 e. The summed E-state index contributed by atoms with van der Waals surface area (Å²) in [5, 5.41) is 16.8. The van der Waals surface area contributed by atoms with Gasteiger partial charge in [-0.15, -0.1) is 0 Å². The lowest BCUT2D eigenvalue weighted by atomic mass is 10.1. The van der Waals surface area contributed by atoms with Crippen LogP contribution in [0, 0.1) is 11.3 Å². The highest BCUT2D eigenvalue weighted by atomic mass is 16.6. The Kier molecular flexibility index (Phi) is 6.16. The molecule has 0 radical (unpaired) electrons. The summed E-state index contributed by atoms with van der Waals surface area (Å²) in [5.74, 6) is -1.07. The minimum absolute atomic E-state index is 0.0540. The number of esters is 1. The molecule has 0 aliphatic rings. The molecule has 0 aliphatic heterocycles. The van der Waals surface area contributed by atoms with E-state index in [1.807, 2.05) is 0 Å². The predicted octanol–water partition coefficient (Wildman–Crippen LogP) is 2.59. The molecule has 102 valence electrons. The smallest absolute Gasteiger partial charge is 0.330 e. The zero-order chi connectivity index (χ0) is 14.3. The van der Waals surface area contributed by atoms with Gasteiger partial charge in [-0.2, -0.15) is 0 Å². The molecule has 5 nitrogen and oxygen atoms in total. The van der Waals surface area contributed by atoms with Gasteiger partial charge in [0.15, 0.2) is 0 Å². The minimum atomic E-state index is -0.541. The fraction of sp³-hybridized carbons (Fsp3) is 0.538. The van der Waals surface area contributed by atoms with Crippen LogP contribution >= 0.6 is 0 Å². The van der Waals surface area contributed by atoms with Crippen molar-refractivity contribution in [2.45, 2.75) is 33.3 Å². The van der Waals surface area contributed by atoms with Crippen LogP contribution in [0.25, 0.3) is 0 Å². The standard InChI is InChI=1S/C13H21NO4/c1-9(10(15)8-11(14)17-5)6-7-12(16)18-13(2,3)4/h6-9,14-15H,1-5H3/b7-6-,10-8-,14-11?. The third-order valence-electron chi connectivity index (χ3n) is 1.89. The second-order valence-electron chi connectivity index (χ2n) is 4.82. The van der Waals surface area contributed by atoms with Gasteiger partial charge in [-0.1, -0.05) is 13.0 Å². The summed E-state index contributed by atoms with van der Waals surface area (Å²) in [5.41, 5.74) is -0.541.